The van der Waals surface area contributed by atoms with Crippen molar-refractivity contribution in [1.29, 1.82) is 0 Å². The van der Waals surface area contributed by atoms with Gasteiger partial charge in [-0.15, -0.1) is 0 Å². The van der Waals surface area contributed by atoms with Gasteiger partial charge in [0.1, 0.15) is 11.9 Å². The second-order valence-corrected chi connectivity index (χ2v) is 3.80. The fourth-order valence-corrected chi connectivity index (χ4v) is 1.73. The number of hydrogen-bond donors (Lipinski definition) is 1. The van der Waals surface area contributed by atoms with Crippen molar-refractivity contribution in [3.8, 4) is 5.75 Å². The van der Waals surface area contributed by atoms with E-state index in [0.29, 0.717) is 11.3 Å². The van der Waals surface area contributed by atoms with Gasteiger partial charge in [0.15, 0.2) is 0 Å². The Labute approximate surface area is 104 Å². The van der Waals surface area contributed by atoms with Crippen LogP contribution in [0.1, 0.15) is 11.7 Å². The molecule has 0 aliphatic carbocycles. The largest absolute Gasteiger partial charge is 0.496 e. The number of aliphatic hydroxyl groups is 1. The zero-order chi connectivity index (χ0) is 13.0. The molecule has 2 aromatic rings. The molecule has 0 saturated carbocycles. The van der Waals surface area contributed by atoms with Crippen LogP contribution in [0.4, 0.5) is 0 Å². The van der Waals surface area contributed by atoms with E-state index in [0.717, 1.165) is 0 Å². The van der Waals surface area contributed by atoms with Crippen molar-refractivity contribution >= 4 is 0 Å². The van der Waals surface area contributed by atoms with Crippen LogP contribution < -0.4 is 10.3 Å². The summed E-state index contributed by atoms with van der Waals surface area (Å²) in [6.45, 7) is 0.0973. The first-order valence-electron chi connectivity index (χ1n) is 5.55. The SMILES string of the molecule is COc1ccccc1C(O)Cn1ncccc1=O. The van der Waals surface area contributed by atoms with Crippen molar-refractivity contribution < 1.29 is 9.84 Å². The van der Waals surface area contributed by atoms with Crippen LogP contribution in [0.15, 0.2) is 47.4 Å². The van der Waals surface area contributed by atoms with E-state index >= 15 is 0 Å². The summed E-state index contributed by atoms with van der Waals surface area (Å²) in [4.78, 5) is 11.5. The molecule has 0 fully saturated rings. The third-order valence-electron chi connectivity index (χ3n) is 2.63. The van der Waals surface area contributed by atoms with E-state index < -0.39 is 6.10 Å². The lowest BCUT2D eigenvalue weighted by Crippen LogP contribution is -2.24. The maximum atomic E-state index is 11.5. The van der Waals surface area contributed by atoms with Crippen LogP contribution in [0.3, 0.4) is 0 Å². The normalized spacial score (nSPS) is 12.1. The lowest BCUT2D eigenvalue weighted by Gasteiger charge is -2.14. The van der Waals surface area contributed by atoms with Crippen molar-refractivity contribution in [3.05, 3.63) is 58.5 Å². The van der Waals surface area contributed by atoms with E-state index in [4.69, 9.17) is 4.74 Å². The number of ether oxygens (including phenoxy) is 1. The van der Waals surface area contributed by atoms with Gasteiger partial charge in [-0.3, -0.25) is 4.79 Å². The van der Waals surface area contributed by atoms with Crippen LogP contribution in [0.25, 0.3) is 0 Å². The summed E-state index contributed by atoms with van der Waals surface area (Å²) < 4.78 is 6.39. The van der Waals surface area contributed by atoms with Crippen molar-refractivity contribution in [1.82, 2.24) is 9.78 Å². The first-order valence-corrected chi connectivity index (χ1v) is 5.55. The summed E-state index contributed by atoms with van der Waals surface area (Å²) in [5.41, 5.74) is 0.393. The summed E-state index contributed by atoms with van der Waals surface area (Å²) in [7, 11) is 1.54. The Morgan fingerprint density at radius 2 is 2.11 bits per heavy atom. The molecule has 0 spiro atoms. The molecule has 5 heteroatoms. The molecule has 1 aromatic carbocycles. The lowest BCUT2D eigenvalue weighted by atomic mass is 10.1. The molecule has 1 N–H and O–H groups in total. The Hall–Kier alpha value is -2.14. The fourth-order valence-electron chi connectivity index (χ4n) is 1.73. The number of nitrogens with zero attached hydrogens (tertiary/aromatic N) is 2. The monoisotopic (exact) mass is 246 g/mol. The molecule has 0 bridgehead atoms. The molecule has 0 aliphatic heterocycles. The van der Waals surface area contributed by atoms with E-state index in [1.165, 1.54) is 16.9 Å². The predicted molar refractivity (Wildman–Crippen MR) is 66.5 cm³/mol. The molecule has 1 atom stereocenters. The summed E-state index contributed by atoms with van der Waals surface area (Å²) in [6, 6.07) is 10.1. The molecule has 0 radical (unpaired) electrons. The van der Waals surface area contributed by atoms with Gasteiger partial charge in [0.2, 0.25) is 0 Å². The highest BCUT2D eigenvalue weighted by Crippen LogP contribution is 2.25. The summed E-state index contributed by atoms with van der Waals surface area (Å²) in [6.07, 6.45) is 0.671. The molecule has 1 aromatic heterocycles. The van der Waals surface area contributed by atoms with E-state index in [9.17, 15) is 9.90 Å². The summed E-state index contributed by atoms with van der Waals surface area (Å²) >= 11 is 0. The minimum absolute atomic E-state index is 0.0973. The van der Waals surface area contributed by atoms with Crippen LogP contribution in [0.5, 0.6) is 5.75 Å². The van der Waals surface area contributed by atoms with Gasteiger partial charge in [-0.05, 0) is 12.1 Å². The fraction of sp³-hybridized carbons (Fsp3) is 0.231. The van der Waals surface area contributed by atoms with Crippen LogP contribution in [-0.4, -0.2) is 22.0 Å². The van der Waals surface area contributed by atoms with E-state index in [-0.39, 0.29) is 12.1 Å². The van der Waals surface area contributed by atoms with Gasteiger partial charge in [0.25, 0.3) is 5.56 Å². The summed E-state index contributed by atoms with van der Waals surface area (Å²) in [5.74, 6) is 0.592. The minimum atomic E-state index is -0.839. The van der Waals surface area contributed by atoms with Crippen LogP contribution in [-0.2, 0) is 6.54 Å². The van der Waals surface area contributed by atoms with Crippen molar-refractivity contribution in [2.45, 2.75) is 12.6 Å². The maximum Gasteiger partial charge on any atom is 0.266 e. The number of aromatic nitrogens is 2. The van der Waals surface area contributed by atoms with Gasteiger partial charge < -0.3 is 9.84 Å². The number of rotatable bonds is 4. The zero-order valence-corrected chi connectivity index (χ0v) is 9.98. The maximum absolute atomic E-state index is 11.5. The van der Waals surface area contributed by atoms with Gasteiger partial charge >= 0.3 is 0 Å². The molecular weight excluding hydrogens is 232 g/mol. The quantitative estimate of drug-likeness (QED) is 0.873. The number of aliphatic hydroxyl groups excluding tert-OH is 1. The Bertz CT molecular complexity index is 580. The standard InChI is InChI=1S/C13H14N2O3/c1-18-12-6-3-2-5-10(12)11(16)9-15-13(17)7-4-8-14-15/h2-8,11,16H,9H2,1H3. The Morgan fingerprint density at radius 1 is 1.33 bits per heavy atom. The molecular formula is C13H14N2O3. The Balaban J connectivity index is 2.25. The number of hydrogen-bond acceptors (Lipinski definition) is 4. The number of benzene rings is 1. The van der Waals surface area contributed by atoms with Crippen molar-refractivity contribution in [2.24, 2.45) is 0 Å². The molecule has 0 saturated heterocycles. The third kappa shape index (κ3) is 2.57. The number of para-hydroxylation sites is 1. The Morgan fingerprint density at radius 3 is 2.83 bits per heavy atom. The van der Waals surface area contributed by atoms with Crippen molar-refractivity contribution in [3.63, 3.8) is 0 Å². The lowest BCUT2D eigenvalue weighted by molar-refractivity contribution is 0.145. The molecule has 0 aliphatic rings. The highest BCUT2D eigenvalue weighted by atomic mass is 16.5. The molecule has 18 heavy (non-hydrogen) atoms. The van der Waals surface area contributed by atoms with Gasteiger partial charge in [0.05, 0.1) is 13.7 Å². The topological polar surface area (TPSA) is 64.3 Å². The third-order valence-corrected chi connectivity index (χ3v) is 2.63. The zero-order valence-electron chi connectivity index (χ0n) is 9.98. The average Bonchev–Trinajstić information content (AvgIpc) is 2.41. The van der Waals surface area contributed by atoms with Gasteiger partial charge in [-0.2, -0.15) is 5.10 Å². The van der Waals surface area contributed by atoms with Gasteiger partial charge in [-0.25, -0.2) is 4.68 Å². The second kappa shape index (κ2) is 5.46. The van der Waals surface area contributed by atoms with Crippen LogP contribution >= 0.6 is 0 Å². The number of methoxy groups -OCH3 is 1. The van der Waals surface area contributed by atoms with E-state index in [1.807, 2.05) is 12.1 Å². The average molecular weight is 246 g/mol. The van der Waals surface area contributed by atoms with Crippen LogP contribution in [0, 0.1) is 0 Å². The van der Waals surface area contributed by atoms with Crippen molar-refractivity contribution in [2.75, 3.05) is 7.11 Å². The highest BCUT2D eigenvalue weighted by molar-refractivity contribution is 5.34. The highest BCUT2D eigenvalue weighted by Gasteiger charge is 2.14. The molecule has 1 unspecified atom stereocenters. The van der Waals surface area contributed by atoms with Gasteiger partial charge in [0, 0.05) is 17.8 Å². The smallest absolute Gasteiger partial charge is 0.266 e. The van der Waals surface area contributed by atoms with E-state index in [2.05, 4.69) is 5.10 Å². The second-order valence-electron chi connectivity index (χ2n) is 3.80. The van der Waals surface area contributed by atoms with Crippen LogP contribution in [0.2, 0.25) is 0 Å². The van der Waals surface area contributed by atoms with Gasteiger partial charge in [-0.1, -0.05) is 18.2 Å². The first kappa shape index (κ1) is 12.3. The molecule has 2 rings (SSSR count). The summed E-state index contributed by atoms with van der Waals surface area (Å²) in [5, 5.41) is 14.0. The first-order chi connectivity index (χ1) is 8.72. The molecule has 1 heterocycles. The molecule has 5 nitrogen and oxygen atoms in total. The minimum Gasteiger partial charge on any atom is -0.496 e. The molecule has 0 amide bonds. The van der Waals surface area contributed by atoms with E-state index in [1.54, 1.807) is 25.3 Å². The molecule has 94 valence electrons. The predicted octanol–water partition coefficient (Wildman–Crippen LogP) is 0.985. The Kier molecular flexibility index (Phi) is 3.74.